The maximum absolute atomic E-state index is 12.6. The zero-order chi connectivity index (χ0) is 14.7. The summed E-state index contributed by atoms with van der Waals surface area (Å²) in [6, 6.07) is 17.7. The normalized spacial score (nSPS) is 18.8. The van der Waals surface area contributed by atoms with Crippen LogP contribution in [0.1, 0.15) is 27.5 Å². The van der Waals surface area contributed by atoms with Crippen molar-refractivity contribution < 1.29 is 4.79 Å². The summed E-state index contributed by atoms with van der Waals surface area (Å²) in [7, 11) is 0. The molecular weight excluding hydrogens is 258 g/mol. The molecule has 1 aliphatic rings. The van der Waals surface area contributed by atoms with Crippen LogP contribution in [-0.2, 0) is 0 Å². The highest BCUT2D eigenvalue weighted by atomic mass is 16.1. The van der Waals surface area contributed by atoms with Gasteiger partial charge in [-0.2, -0.15) is 0 Å². The van der Waals surface area contributed by atoms with E-state index in [9.17, 15) is 4.79 Å². The monoisotopic (exact) mass is 275 g/mol. The molecule has 3 rings (SSSR count). The van der Waals surface area contributed by atoms with Gasteiger partial charge in [-0.05, 0) is 17.2 Å². The van der Waals surface area contributed by atoms with E-state index in [1.165, 1.54) is 0 Å². The van der Waals surface area contributed by atoms with Crippen LogP contribution in [-0.4, -0.2) is 12.3 Å². The van der Waals surface area contributed by atoms with E-state index in [0.717, 1.165) is 22.3 Å². The molecule has 0 heterocycles. The highest BCUT2D eigenvalue weighted by Gasteiger charge is 2.33. The van der Waals surface area contributed by atoms with E-state index in [4.69, 9.17) is 0 Å². The number of carbonyl (C=O) groups excluding carboxylic acids is 1. The van der Waals surface area contributed by atoms with Crippen LogP contribution < -0.4 is 5.32 Å². The van der Waals surface area contributed by atoms with Gasteiger partial charge in [-0.15, -0.1) is 6.58 Å². The predicted molar refractivity (Wildman–Crippen MR) is 86.1 cm³/mol. The van der Waals surface area contributed by atoms with E-state index in [1.54, 1.807) is 0 Å². The van der Waals surface area contributed by atoms with Crippen molar-refractivity contribution in [2.75, 3.05) is 6.54 Å². The van der Waals surface area contributed by atoms with Crippen LogP contribution in [0.4, 0.5) is 0 Å². The highest BCUT2D eigenvalue weighted by molar-refractivity contribution is 6.16. The minimum atomic E-state index is -0.0630. The Bertz CT molecular complexity index is 701. The molecule has 0 aromatic heterocycles. The molecule has 1 aliphatic carbocycles. The second kappa shape index (κ2) is 5.90. The Balaban J connectivity index is 2.05. The molecule has 104 valence electrons. The van der Waals surface area contributed by atoms with Crippen molar-refractivity contribution in [3.8, 4) is 0 Å². The highest BCUT2D eigenvalue weighted by Crippen LogP contribution is 2.36. The van der Waals surface area contributed by atoms with Crippen molar-refractivity contribution >= 4 is 11.9 Å². The third-order valence-corrected chi connectivity index (χ3v) is 3.68. The first kappa shape index (κ1) is 13.5. The zero-order valence-electron chi connectivity index (χ0n) is 11.8. The molecule has 2 heteroatoms. The molecule has 2 nitrogen and oxygen atoms in total. The number of Topliss-reactive ketones (excluding diaryl/α,β-unsaturated/α-hetero) is 1. The van der Waals surface area contributed by atoms with E-state index < -0.39 is 0 Å². The summed E-state index contributed by atoms with van der Waals surface area (Å²) in [4.78, 5) is 12.6. The van der Waals surface area contributed by atoms with E-state index in [1.807, 2.05) is 66.7 Å². The summed E-state index contributed by atoms with van der Waals surface area (Å²) in [5.41, 5.74) is 3.68. The Labute approximate surface area is 124 Å². The van der Waals surface area contributed by atoms with Gasteiger partial charge in [0.2, 0.25) is 0 Å². The number of benzene rings is 2. The number of fused-ring (bicyclic) bond motifs is 1. The van der Waals surface area contributed by atoms with Crippen LogP contribution in [0.25, 0.3) is 6.08 Å². The smallest absolute Gasteiger partial charge is 0.191 e. The van der Waals surface area contributed by atoms with Crippen LogP contribution in [0.2, 0.25) is 0 Å². The predicted octanol–water partition coefficient (Wildman–Crippen LogP) is 3.78. The minimum Gasteiger partial charge on any atom is -0.303 e. The van der Waals surface area contributed by atoms with Gasteiger partial charge in [-0.3, -0.25) is 4.79 Å². The fraction of sp³-hybridized carbons (Fsp3) is 0.105. The molecule has 0 bridgehead atoms. The molecule has 0 radical (unpaired) electrons. The van der Waals surface area contributed by atoms with Crippen molar-refractivity contribution in [2.45, 2.75) is 6.04 Å². The van der Waals surface area contributed by atoms with Gasteiger partial charge in [0, 0.05) is 17.7 Å². The lowest BCUT2D eigenvalue weighted by Crippen LogP contribution is -2.21. The fourth-order valence-electron chi connectivity index (χ4n) is 2.71. The summed E-state index contributed by atoms with van der Waals surface area (Å²) < 4.78 is 0. The molecule has 0 fully saturated rings. The third-order valence-electron chi connectivity index (χ3n) is 3.68. The van der Waals surface area contributed by atoms with Gasteiger partial charge in [0.25, 0.3) is 0 Å². The van der Waals surface area contributed by atoms with Crippen molar-refractivity contribution in [1.29, 1.82) is 0 Å². The van der Waals surface area contributed by atoms with Gasteiger partial charge in [0.1, 0.15) is 0 Å². The number of hydrogen-bond donors (Lipinski definition) is 1. The topological polar surface area (TPSA) is 29.1 Å². The Kier molecular flexibility index (Phi) is 3.80. The van der Waals surface area contributed by atoms with Crippen LogP contribution in [0, 0.1) is 0 Å². The van der Waals surface area contributed by atoms with Gasteiger partial charge >= 0.3 is 0 Å². The van der Waals surface area contributed by atoms with Crippen molar-refractivity contribution in [1.82, 2.24) is 5.32 Å². The first-order valence-electron chi connectivity index (χ1n) is 7.06. The van der Waals surface area contributed by atoms with Gasteiger partial charge in [0.05, 0.1) is 6.04 Å². The zero-order valence-corrected chi connectivity index (χ0v) is 11.8. The molecule has 1 unspecified atom stereocenters. The Hall–Kier alpha value is -2.45. The van der Waals surface area contributed by atoms with Crippen LogP contribution in [0.15, 0.2) is 72.8 Å². The Morgan fingerprint density at radius 1 is 1.05 bits per heavy atom. The summed E-state index contributed by atoms with van der Waals surface area (Å²) >= 11 is 0. The van der Waals surface area contributed by atoms with Crippen molar-refractivity contribution in [3.63, 3.8) is 0 Å². The Morgan fingerprint density at radius 3 is 2.52 bits per heavy atom. The molecule has 0 spiro atoms. The second-order valence-electron chi connectivity index (χ2n) is 5.06. The minimum absolute atomic E-state index is 0.0630. The number of nitrogens with one attached hydrogen (secondary N) is 1. The molecule has 21 heavy (non-hydrogen) atoms. The van der Waals surface area contributed by atoms with E-state index in [-0.39, 0.29) is 11.8 Å². The third kappa shape index (κ3) is 2.58. The van der Waals surface area contributed by atoms with Gasteiger partial charge in [-0.25, -0.2) is 0 Å². The molecule has 1 N–H and O–H groups in total. The summed E-state index contributed by atoms with van der Waals surface area (Å²) in [5.74, 6) is 0.107. The van der Waals surface area contributed by atoms with Crippen molar-refractivity contribution in [3.05, 3.63) is 89.5 Å². The molecule has 2 aromatic rings. The second-order valence-corrected chi connectivity index (χ2v) is 5.06. The van der Waals surface area contributed by atoms with E-state index in [0.29, 0.717) is 6.54 Å². The van der Waals surface area contributed by atoms with Crippen LogP contribution >= 0.6 is 0 Å². The Morgan fingerprint density at radius 2 is 1.76 bits per heavy atom. The number of rotatable bonds is 4. The van der Waals surface area contributed by atoms with Crippen molar-refractivity contribution in [2.24, 2.45) is 0 Å². The lowest BCUT2D eigenvalue weighted by Gasteiger charge is -2.14. The molecule has 0 saturated heterocycles. The molecule has 0 saturated carbocycles. The first-order valence-corrected chi connectivity index (χ1v) is 7.06. The summed E-state index contributed by atoms with van der Waals surface area (Å²) in [5, 5.41) is 3.38. The fourth-order valence-corrected chi connectivity index (χ4v) is 2.71. The number of hydrogen-bond acceptors (Lipinski definition) is 2. The first-order chi connectivity index (χ1) is 10.3. The molecule has 2 aromatic carbocycles. The SMILES string of the molecule is C=CCNC1/C(=C/c2ccccc2)C(=O)c2ccccc21. The van der Waals surface area contributed by atoms with E-state index in [2.05, 4.69) is 11.9 Å². The van der Waals surface area contributed by atoms with Crippen LogP contribution in [0.3, 0.4) is 0 Å². The molecule has 0 amide bonds. The van der Waals surface area contributed by atoms with E-state index >= 15 is 0 Å². The standard InChI is InChI=1S/C19H17NO/c1-2-12-20-18-15-10-6-7-11-16(15)19(21)17(18)13-14-8-4-3-5-9-14/h2-11,13,18,20H,1,12H2/b17-13-. The average molecular weight is 275 g/mol. The summed E-state index contributed by atoms with van der Waals surface area (Å²) in [6.07, 6.45) is 3.79. The summed E-state index contributed by atoms with van der Waals surface area (Å²) in [6.45, 7) is 4.40. The molecule has 0 aliphatic heterocycles. The molecule has 1 atom stereocenters. The van der Waals surface area contributed by atoms with Gasteiger partial charge in [0.15, 0.2) is 5.78 Å². The maximum Gasteiger partial charge on any atom is 0.191 e. The van der Waals surface area contributed by atoms with Gasteiger partial charge in [-0.1, -0.05) is 60.7 Å². The van der Waals surface area contributed by atoms with Crippen LogP contribution in [0.5, 0.6) is 0 Å². The molecular formula is C19H17NO. The lowest BCUT2D eigenvalue weighted by atomic mass is 10.0. The maximum atomic E-state index is 12.6. The van der Waals surface area contributed by atoms with Gasteiger partial charge < -0.3 is 5.32 Å². The average Bonchev–Trinajstić information content (AvgIpc) is 2.79. The number of carbonyl (C=O) groups is 1. The largest absolute Gasteiger partial charge is 0.303 e. The lowest BCUT2D eigenvalue weighted by molar-refractivity contribution is 0.103. The quantitative estimate of drug-likeness (QED) is 0.679. The number of ketones is 1.